The zero-order valence-corrected chi connectivity index (χ0v) is 15.2. The van der Waals surface area contributed by atoms with Gasteiger partial charge in [-0.25, -0.2) is 0 Å². The normalized spacial score (nSPS) is 9.65. The van der Waals surface area contributed by atoms with Crippen molar-refractivity contribution in [3.8, 4) is 17.6 Å². The molecule has 0 aliphatic heterocycles. The molecule has 0 aromatic heterocycles. The third-order valence-electron chi connectivity index (χ3n) is 3.54. The van der Waals surface area contributed by atoms with E-state index in [0.29, 0.717) is 23.5 Å². The Morgan fingerprint density at radius 1 is 1.08 bits per heavy atom. The van der Waals surface area contributed by atoms with E-state index in [9.17, 15) is 9.59 Å². The molecule has 0 aliphatic carbocycles. The van der Waals surface area contributed by atoms with Crippen LogP contribution in [0.1, 0.15) is 33.2 Å². The van der Waals surface area contributed by atoms with E-state index in [0.717, 1.165) is 5.56 Å². The molecule has 2 aromatic carbocycles. The number of amides is 2. The second-order valence-electron chi connectivity index (χ2n) is 5.69. The fourth-order valence-electron chi connectivity index (χ4n) is 2.26. The summed E-state index contributed by atoms with van der Waals surface area (Å²) in [4.78, 5) is 25.6. The second kappa shape index (κ2) is 9.28. The molecule has 2 rings (SSSR count). The Kier molecular flexibility index (Phi) is 6.81. The summed E-state index contributed by atoms with van der Waals surface area (Å²) in [5.41, 5.74) is 1.88. The summed E-state index contributed by atoms with van der Waals surface area (Å²) in [5.74, 6) is 6.15. The van der Waals surface area contributed by atoms with E-state index in [-0.39, 0.29) is 18.4 Å². The minimum atomic E-state index is -0.227. The number of nitrogens with one attached hydrogen (secondary N) is 1. The van der Waals surface area contributed by atoms with Gasteiger partial charge in [0.05, 0.1) is 18.7 Å². The lowest BCUT2D eigenvalue weighted by Crippen LogP contribution is -2.24. The lowest BCUT2D eigenvalue weighted by atomic mass is 10.1. The number of hydrogen-bond acceptors (Lipinski definition) is 3. The van der Waals surface area contributed by atoms with Crippen molar-refractivity contribution in [1.82, 2.24) is 10.2 Å². The van der Waals surface area contributed by atoms with Crippen molar-refractivity contribution in [2.75, 3.05) is 27.2 Å². The maximum Gasteiger partial charge on any atom is 0.255 e. The largest absolute Gasteiger partial charge is 0.493 e. The number of carbonyl (C=O) groups is 2. The molecular weight excluding hydrogens is 328 g/mol. The molecule has 2 amide bonds. The van der Waals surface area contributed by atoms with Crippen LogP contribution in [0, 0.1) is 11.8 Å². The van der Waals surface area contributed by atoms with Crippen LogP contribution in [-0.2, 0) is 0 Å². The summed E-state index contributed by atoms with van der Waals surface area (Å²) in [6.45, 7) is 2.59. The highest BCUT2D eigenvalue weighted by Gasteiger charge is 2.10. The van der Waals surface area contributed by atoms with E-state index in [4.69, 9.17) is 4.74 Å². The molecule has 2 aromatic rings. The van der Waals surface area contributed by atoms with E-state index >= 15 is 0 Å². The fourth-order valence-corrected chi connectivity index (χ4v) is 2.26. The van der Waals surface area contributed by atoms with Gasteiger partial charge in [-0.1, -0.05) is 24.0 Å². The van der Waals surface area contributed by atoms with Gasteiger partial charge in [0.2, 0.25) is 0 Å². The summed E-state index contributed by atoms with van der Waals surface area (Å²) in [6.07, 6.45) is 0. The zero-order chi connectivity index (χ0) is 18.9. The summed E-state index contributed by atoms with van der Waals surface area (Å²) in [6, 6.07) is 14.2. The third kappa shape index (κ3) is 5.12. The molecule has 0 unspecified atom stereocenters. The topological polar surface area (TPSA) is 58.6 Å². The molecule has 5 nitrogen and oxygen atoms in total. The number of carbonyl (C=O) groups excluding carboxylic acids is 2. The average molecular weight is 350 g/mol. The van der Waals surface area contributed by atoms with Crippen LogP contribution >= 0.6 is 0 Å². The molecular formula is C21H22N2O3. The first-order chi connectivity index (χ1) is 12.5. The zero-order valence-electron chi connectivity index (χ0n) is 15.2. The van der Waals surface area contributed by atoms with Crippen LogP contribution < -0.4 is 10.1 Å². The molecule has 0 fully saturated rings. The number of benzene rings is 2. The number of ether oxygens (including phenoxy) is 1. The smallest absolute Gasteiger partial charge is 0.255 e. The molecule has 0 heterocycles. The maximum absolute atomic E-state index is 12.2. The van der Waals surface area contributed by atoms with Gasteiger partial charge in [-0.15, -0.1) is 0 Å². The lowest BCUT2D eigenvalue weighted by molar-refractivity contribution is 0.0827. The van der Waals surface area contributed by atoms with Crippen molar-refractivity contribution in [3.63, 3.8) is 0 Å². The molecule has 0 radical (unpaired) electrons. The summed E-state index contributed by atoms with van der Waals surface area (Å²) >= 11 is 0. The molecule has 26 heavy (non-hydrogen) atoms. The van der Waals surface area contributed by atoms with Crippen LogP contribution in [0.3, 0.4) is 0 Å². The van der Waals surface area contributed by atoms with Crippen LogP contribution in [0.5, 0.6) is 5.75 Å². The predicted molar refractivity (Wildman–Crippen MR) is 101 cm³/mol. The highest BCUT2D eigenvalue weighted by Crippen LogP contribution is 2.17. The predicted octanol–water partition coefficient (Wildman–Crippen LogP) is 2.57. The first kappa shape index (κ1) is 19.1. The van der Waals surface area contributed by atoms with Crippen molar-refractivity contribution in [1.29, 1.82) is 0 Å². The molecule has 0 aliphatic rings. The molecule has 1 N–H and O–H groups in total. The van der Waals surface area contributed by atoms with Crippen molar-refractivity contribution in [2.24, 2.45) is 0 Å². The summed E-state index contributed by atoms with van der Waals surface area (Å²) in [7, 11) is 3.42. The van der Waals surface area contributed by atoms with Gasteiger partial charge in [-0.05, 0) is 43.3 Å². The molecule has 5 heteroatoms. The van der Waals surface area contributed by atoms with Crippen LogP contribution in [0.4, 0.5) is 0 Å². The van der Waals surface area contributed by atoms with E-state index in [1.807, 2.05) is 13.0 Å². The Balaban J connectivity index is 1.94. The van der Waals surface area contributed by atoms with Crippen molar-refractivity contribution in [3.05, 3.63) is 65.2 Å². The second-order valence-corrected chi connectivity index (χ2v) is 5.69. The lowest BCUT2D eigenvalue weighted by Gasteiger charge is -2.09. The first-order valence-corrected chi connectivity index (χ1v) is 8.33. The van der Waals surface area contributed by atoms with Gasteiger partial charge in [-0.2, -0.15) is 0 Å². The quantitative estimate of drug-likeness (QED) is 0.843. The van der Waals surface area contributed by atoms with Gasteiger partial charge in [0.15, 0.2) is 0 Å². The number of para-hydroxylation sites is 1. The Morgan fingerprint density at radius 3 is 2.42 bits per heavy atom. The van der Waals surface area contributed by atoms with Gasteiger partial charge in [0.25, 0.3) is 11.8 Å². The Morgan fingerprint density at radius 2 is 1.77 bits per heavy atom. The van der Waals surface area contributed by atoms with Crippen molar-refractivity contribution >= 4 is 11.8 Å². The molecule has 0 saturated carbocycles. The fraction of sp³-hybridized carbons (Fsp3) is 0.238. The van der Waals surface area contributed by atoms with Crippen LogP contribution in [0.25, 0.3) is 0 Å². The first-order valence-electron chi connectivity index (χ1n) is 8.33. The highest BCUT2D eigenvalue weighted by molar-refractivity contribution is 5.97. The Labute approximate surface area is 154 Å². The van der Waals surface area contributed by atoms with E-state index in [1.54, 1.807) is 56.6 Å². The van der Waals surface area contributed by atoms with Gasteiger partial charge in [0, 0.05) is 25.2 Å². The Bertz CT molecular complexity index is 830. The number of hydrogen-bond donors (Lipinski definition) is 1. The molecule has 0 spiro atoms. The number of rotatable bonds is 5. The van der Waals surface area contributed by atoms with Gasteiger partial charge in [-0.3, -0.25) is 9.59 Å². The molecule has 0 saturated heterocycles. The van der Waals surface area contributed by atoms with Crippen LogP contribution in [-0.4, -0.2) is 44.0 Å². The minimum absolute atomic E-state index is 0.0512. The average Bonchev–Trinajstić information content (AvgIpc) is 2.65. The van der Waals surface area contributed by atoms with Gasteiger partial charge < -0.3 is 15.0 Å². The molecule has 134 valence electrons. The minimum Gasteiger partial charge on any atom is -0.493 e. The molecule has 0 atom stereocenters. The maximum atomic E-state index is 12.2. The van der Waals surface area contributed by atoms with Crippen molar-refractivity contribution in [2.45, 2.75) is 6.92 Å². The van der Waals surface area contributed by atoms with Gasteiger partial charge in [0.1, 0.15) is 5.75 Å². The monoisotopic (exact) mass is 350 g/mol. The van der Waals surface area contributed by atoms with E-state index < -0.39 is 0 Å². The molecule has 0 bridgehead atoms. The summed E-state index contributed by atoms with van der Waals surface area (Å²) < 4.78 is 5.45. The third-order valence-corrected chi connectivity index (χ3v) is 3.54. The Hall–Kier alpha value is -3.26. The summed E-state index contributed by atoms with van der Waals surface area (Å²) in [5, 5.41) is 2.76. The van der Waals surface area contributed by atoms with Crippen LogP contribution in [0.15, 0.2) is 48.5 Å². The SMILES string of the molecule is CCOc1ccccc1C(=O)NCC#Cc1ccc(C(=O)N(C)C)cc1. The number of nitrogens with zero attached hydrogens (tertiary/aromatic N) is 1. The van der Waals surface area contributed by atoms with Gasteiger partial charge >= 0.3 is 0 Å². The van der Waals surface area contributed by atoms with Crippen molar-refractivity contribution < 1.29 is 14.3 Å². The standard InChI is InChI=1S/C21H22N2O3/c1-4-26-19-10-6-5-9-18(19)20(24)22-15-7-8-16-11-13-17(14-12-16)21(25)23(2)3/h5-6,9-14H,4,15H2,1-3H3,(H,22,24). The van der Waals surface area contributed by atoms with E-state index in [2.05, 4.69) is 17.2 Å². The highest BCUT2D eigenvalue weighted by atomic mass is 16.5. The van der Waals surface area contributed by atoms with Crippen LogP contribution in [0.2, 0.25) is 0 Å². The van der Waals surface area contributed by atoms with E-state index in [1.165, 1.54) is 4.90 Å².